The lowest BCUT2D eigenvalue weighted by atomic mass is 9.90. The Kier molecular flexibility index (Phi) is 5.36. The minimum absolute atomic E-state index is 0.0228. The summed E-state index contributed by atoms with van der Waals surface area (Å²) in [5.41, 5.74) is 0. The smallest absolute Gasteiger partial charge is 0.237 e. The molecule has 2 aliphatic rings. The maximum absolute atomic E-state index is 12.8. The Labute approximate surface area is 148 Å². The quantitative estimate of drug-likeness (QED) is 0.787. The van der Waals surface area contributed by atoms with Crippen LogP contribution in [0.1, 0.15) is 44.4 Å². The van der Waals surface area contributed by atoms with Gasteiger partial charge in [-0.15, -0.1) is 10.2 Å². The normalized spacial score (nSPS) is 25.5. The van der Waals surface area contributed by atoms with Crippen molar-refractivity contribution in [2.24, 2.45) is 0 Å². The van der Waals surface area contributed by atoms with Crippen molar-refractivity contribution in [3.05, 3.63) is 11.8 Å². The van der Waals surface area contributed by atoms with Gasteiger partial charge in [-0.25, -0.2) is 0 Å². The Balaban J connectivity index is 1.63. The Morgan fingerprint density at radius 2 is 2.08 bits per heavy atom. The van der Waals surface area contributed by atoms with Crippen LogP contribution in [0.25, 0.3) is 0 Å². The van der Waals surface area contributed by atoms with Crippen molar-refractivity contribution in [2.75, 3.05) is 39.8 Å². The highest BCUT2D eigenvalue weighted by atomic mass is 16.4. The second-order valence-electron chi connectivity index (χ2n) is 6.99. The molecular formula is C17H27N5O3. The van der Waals surface area contributed by atoms with E-state index in [1.165, 1.54) is 0 Å². The molecule has 2 aliphatic heterocycles. The van der Waals surface area contributed by atoms with E-state index in [0.29, 0.717) is 37.8 Å². The lowest BCUT2D eigenvalue weighted by Crippen LogP contribution is -2.54. The van der Waals surface area contributed by atoms with E-state index in [1.807, 2.05) is 23.6 Å². The van der Waals surface area contributed by atoms with E-state index in [2.05, 4.69) is 10.2 Å². The molecule has 0 radical (unpaired) electrons. The average molecular weight is 349 g/mol. The Morgan fingerprint density at radius 3 is 2.76 bits per heavy atom. The van der Waals surface area contributed by atoms with Crippen molar-refractivity contribution < 1.29 is 14.0 Å². The van der Waals surface area contributed by atoms with E-state index in [-0.39, 0.29) is 23.8 Å². The van der Waals surface area contributed by atoms with E-state index >= 15 is 0 Å². The largest absolute Gasteiger partial charge is 0.425 e. The summed E-state index contributed by atoms with van der Waals surface area (Å²) >= 11 is 0. The van der Waals surface area contributed by atoms with Crippen LogP contribution in [0.4, 0.5) is 0 Å². The maximum atomic E-state index is 12.8. The zero-order valence-electron chi connectivity index (χ0n) is 15.3. The number of hydrogen-bond donors (Lipinski definition) is 0. The first kappa shape index (κ1) is 17.8. The molecule has 0 bridgehead atoms. The summed E-state index contributed by atoms with van der Waals surface area (Å²) in [6, 6.07) is 0.0228. The van der Waals surface area contributed by atoms with E-state index in [4.69, 9.17) is 4.42 Å². The molecule has 0 unspecified atom stereocenters. The van der Waals surface area contributed by atoms with Gasteiger partial charge in [-0.3, -0.25) is 14.5 Å². The van der Waals surface area contributed by atoms with Crippen LogP contribution >= 0.6 is 0 Å². The van der Waals surface area contributed by atoms with Gasteiger partial charge >= 0.3 is 0 Å². The first-order chi connectivity index (χ1) is 12.0. The first-order valence-corrected chi connectivity index (χ1v) is 9.07. The highest BCUT2D eigenvalue weighted by Crippen LogP contribution is 2.32. The Bertz CT molecular complexity index is 632. The van der Waals surface area contributed by atoms with Crippen molar-refractivity contribution in [1.82, 2.24) is 24.9 Å². The topological polar surface area (TPSA) is 82.8 Å². The predicted octanol–water partition coefficient (Wildman–Crippen LogP) is 0.501. The van der Waals surface area contributed by atoms with Crippen LogP contribution in [0.2, 0.25) is 0 Å². The summed E-state index contributed by atoms with van der Waals surface area (Å²) in [4.78, 5) is 30.2. The molecule has 138 valence electrons. The molecule has 1 aromatic heterocycles. The van der Waals surface area contributed by atoms with Crippen molar-refractivity contribution in [1.29, 1.82) is 0 Å². The lowest BCUT2D eigenvalue weighted by Gasteiger charge is -2.39. The summed E-state index contributed by atoms with van der Waals surface area (Å²) in [6.45, 7) is 6.79. The van der Waals surface area contributed by atoms with E-state index < -0.39 is 0 Å². The minimum atomic E-state index is 0.0228. The van der Waals surface area contributed by atoms with E-state index in [1.54, 1.807) is 11.9 Å². The summed E-state index contributed by atoms with van der Waals surface area (Å²) in [7, 11) is 1.80. The number of nitrogens with zero attached hydrogens (tertiary/aromatic N) is 5. The number of carbonyl (C=O) groups is 2. The zero-order chi connectivity index (χ0) is 18.0. The predicted molar refractivity (Wildman–Crippen MR) is 90.9 cm³/mol. The number of piperidine rings is 1. The molecule has 2 saturated heterocycles. The Morgan fingerprint density at radius 1 is 1.28 bits per heavy atom. The molecule has 0 N–H and O–H groups in total. The molecule has 2 fully saturated rings. The molecule has 2 atom stereocenters. The van der Waals surface area contributed by atoms with Gasteiger partial charge in [0.2, 0.25) is 23.6 Å². The van der Waals surface area contributed by atoms with Gasteiger partial charge in [0, 0.05) is 39.1 Å². The third-order valence-corrected chi connectivity index (χ3v) is 5.31. The van der Waals surface area contributed by atoms with Crippen molar-refractivity contribution in [3.63, 3.8) is 0 Å². The van der Waals surface area contributed by atoms with Gasteiger partial charge in [-0.2, -0.15) is 0 Å². The first-order valence-electron chi connectivity index (χ1n) is 9.07. The maximum Gasteiger partial charge on any atom is 0.237 e. The molecule has 3 rings (SSSR count). The summed E-state index contributed by atoms with van der Waals surface area (Å²) in [5.74, 6) is 1.50. The zero-order valence-corrected chi connectivity index (χ0v) is 15.3. The molecule has 1 aromatic rings. The fourth-order valence-electron chi connectivity index (χ4n) is 3.61. The van der Waals surface area contributed by atoms with Crippen LogP contribution in [-0.2, 0) is 16.0 Å². The molecule has 2 amide bonds. The number of aryl methyl sites for hydroxylation is 1. The highest BCUT2D eigenvalue weighted by molar-refractivity contribution is 5.82. The number of carbonyl (C=O) groups excluding carboxylic acids is 2. The van der Waals surface area contributed by atoms with Gasteiger partial charge in [-0.05, 0) is 19.8 Å². The molecular weight excluding hydrogens is 322 g/mol. The van der Waals surface area contributed by atoms with Gasteiger partial charge in [0.1, 0.15) is 0 Å². The number of aromatic nitrogens is 2. The minimum Gasteiger partial charge on any atom is -0.425 e. The summed E-state index contributed by atoms with van der Waals surface area (Å²) < 4.78 is 5.73. The fourth-order valence-corrected chi connectivity index (χ4v) is 3.61. The van der Waals surface area contributed by atoms with Crippen molar-refractivity contribution in [2.45, 2.75) is 45.1 Å². The number of hydrogen-bond acceptors (Lipinski definition) is 6. The van der Waals surface area contributed by atoms with E-state index in [9.17, 15) is 9.59 Å². The van der Waals surface area contributed by atoms with Gasteiger partial charge in [0.15, 0.2) is 0 Å². The molecule has 0 spiro atoms. The average Bonchev–Trinajstić information content (AvgIpc) is 3.07. The van der Waals surface area contributed by atoms with Gasteiger partial charge in [0.25, 0.3) is 0 Å². The van der Waals surface area contributed by atoms with Crippen molar-refractivity contribution in [3.8, 4) is 0 Å². The second-order valence-corrected chi connectivity index (χ2v) is 6.99. The summed E-state index contributed by atoms with van der Waals surface area (Å²) in [5, 5.41) is 8.23. The molecule has 0 aliphatic carbocycles. The van der Waals surface area contributed by atoms with Crippen LogP contribution < -0.4 is 0 Å². The number of likely N-dealkylation sites (N-methyl/N-ethyl adjacent to an activating group) is 1. The van der Waals surface area contributed by atoms with Crippen LogP contribution in [0.15, 0.2) is 4.42 Å². The van der Waals surface area contributed by atoms with Crippen LogP contribution in [0.3, 0.4) is 0 Å². The monoisotopic (exact) mass is 349 g/mol. The standard InChI is InChI=1S/C17H27N5O3/c1-4-14-18-19-17(25-14)13-6-5-7-22(12(13)2)16(24)11-21-9-8-20(3)15(23)10-21/h12-13H,4-11H2,1-3H3/t12-,13-/m0/s1. The van der Waals surface area contributed by atoms with Crippen molar-refractivity contribution >= 4 is 11.8 Å². The molecule has 8 heteroatoms. The van der Waals surface area contributed by atoms with Gasteiger partial charge in [0.05, 0.1) is 19.0 Å². The van der Waals surface area contributed by atoms with E-state index in [0.717, 1.165) is 25.9 Å². The lowest BCUT2D eigenvalue weighted by molar-refractivity contribution is -0.140. The molecule has 25 heavy (non-hydrogen) atoms. The third-order valence-electron chi connectivity index (χ3n) is 5.31. The number of rotatable bonds is 4. The van der Waals surface area contributed by atoms with Crippen LogP contribution in [0.5, 0.6) is 0 Å². The fraction of sp³-hybridized carbons (Fsp3) is 0.765. The molecule has 3 heterocycles. The highest BCUT2D eigenvalue weighted by Gasteiger charge is 2.36. The van der Waals surface area contributed by atoms with Gasteiger partial charge < -0.3 is 14.2 Å². The molecule has 8 nitrogen and oxygen atoms in total. The Hall–Kier alpha value is -1.96. The van der Waals surface area contributed by atoms with Gasteiger partial charge in [-0.1, -0.05) is 6.92 Å². The second kappa shape index (κ2) is 7.51. The van der Waals surface area contributed by atoms with Crippen LogP contribution in [0, 0.1) is 0 Å². The van der Waals surface area contributed by atoms with Crippen LogP contribution in [-0.4, -0.2) is 82.5 Å². The third kappa shape index (κ3) is 3.84. The summed E-state index contributed by atoms with van der Waals surface area (Å²) in [6.07, 6.45) is 2.59. The SMILES string of the molecule is CCc1nnc([C@H]2CCCN(C(=O)CN3CCN(C)C(=O)C3)[C@H]2C)o1. The molecule has 0 aromatic carbocycles. The number of piperazine rings is 1. The number of amides is 2. The molecule has 0 saturated carbocycles. The number of likely N-dealkylation sites (tertiary alicyclic amines) is 1.